The van der Waals surface area contributed by atoms with Gasteiger partial charge in [-0.1, -0.05) is 0 Å². The van der Waals surface area contributed by atoms with Gasteiger partial charge in [0.05, 0.1) is 32.1 Å². The first kappa shape index (κ1) is 23.2. The number of nitro benzene ring substituents is 2. The largest absolute Gasteiger partial charge is 0.308 e. The molecule has 3 aliphatic heterocycles. The minimum absolute atomic E-state index is 0.0173. The van der Waals surface area contributed by atoms with Gasteiger partial charge in [0.2, 0.25) is 0 Å². The molecule has 2 aromatic carbocycles. The second kappa shape index (κ2) is 8.58. The zero-order valence-electron chi connectivity index (χ0n) is 18.8. The van der Waals surface area contributed by atoms with E-state index in [9.17, 15) is 39.4 Å². The highest BCUT2D eigenvalue weighted by Crippen LogP contribution is 2.27. The minimum Gasteiger partial charge on any atom is -0.308 e. The summed E-state index contributed by atoms with van der Waals surface area (Å²) in [5.41, 5.74) is -0.208. The smallest absolute Gasteiger partial charge is 0.270 e. The van der Waals surface area contributed by atoms with Crippen molar-refractivity contribution < 1.29 is 38.8 Å². The predicted octanol–water partition coefficient (Wildman–Crippen LogP) is -1.91. The van der Waals surface area contributed by atoms with Crippen LogP contribution in [0.5, 0.6) is 0 Å². The van der Waals surface area contributed by atoms with Crippen molar-refractivity contribution >= 4 is 35.0 Å². The summed E-state index contributed by atoms with van der Waals surface area (Å²) in [4.78, 5) is 75.7. The van der Waals surface area contributed by atoms with Gasteiger partial charge in [-0.25, -0.2) is 9.80 Å². The van der Waals surface area contributed by atoms with E-state index in [4.69, 9.17) is 0 Å². The minimum atomic E-state index is -0.621. The number of carbonyl (C=O) groups excluding carboxylic acids is 4. The zero-order chi connectivity index (χ0) is 25.7. The van der Waals surface area contributed by atoms with Crippen molar-refractivity contribution in [3.63, 3.8) is 0 Å². The summed E-state index contributed by atoms with van der Waals surface area (Å²) >= 11 is 0. The molecule has 0 spiro atoms. The van der Waals surface area contributed by atoms with Crippen LogP contribution in [0.4, 0.5) is 11.4 Å². The van der Waals surface area contributed by atoms with Gasteiger partial charge in [0.25, 0.3) is 35.0 Å². The molecular formula is C22H20N6O8+2. The zero-order valence-corrected chi connectivity index (χ0v) is 18.8. The Labute approximate surface area is 202 Å². The highest BCUT2D eigenvalue weighted by Gasteiger charge is 2.42. The molecule has 2 aromatic rings. The molecule has 1 fully saturated rings. The molecule has 3 aliphatic rings. The summed E-state index contributed by atoms with van der Waals surface area (Å²) in [6.45, 7) is 2.42. The third-order valence-corrected chi connectivity index (χ3v) is 6.76. The molecule has 1 saturated heterocycles. The third kappa shape index (κ3) is 3.77. The Bertz CT molecular complexity index is 1260. The van der Waals surface area contributed by atoms with Crippen molar-refractivity contribution in [3.8, 4) is 0 Å². The van der Waals surface area contributed by atoms with Crippen molar-refractivity contribution in [3.05, 3.63) is 78.9 Å². The average molecular weight is 496 g/mol. The predicted molar refractivity (Wildman–Crippen MR) is 118 cm³/mol. The van der Waals surface area contributed by atoms with E-state index in [-0.39, 0.29) is 47.0 Å². The summed E-state index contributed by atoms with van der Waals surface area (Å²) in [6, 6.07) is 7.21. The number of piperazine rings is 1. The lowest BCUT2D eigenvalue weighted by Gasteiger charge is -2.32. The first-order valence-electron chi connectivity index (χ1n) is 11.1. The maximum atomic E-state index is 12.7. The van der Waals surface area contributed by atoms with Gasteiger partial charge in [-0.05, 0) is 12.1 Å². The lowest BCUT2D eigenvalue weighted by molar-refractivity contribution is -1.02. The van der Waals surface area contributed by atoms with Crippen LogP contribution in [0, 0.1) is 20.2 Å². The second-order valence-electron chi connectivity index (χ2n) is 8.87. The number of hydrogen-bond donors (Lipinski definition) is 2. The Morgan fingerprint density at radius 1 is 0.611 bits per heavy atom. The quantitative estimate of drug-likeness (QED) is 0.265. The van der Waals surface area contributed by atoms with Crippen LogP contribution in [0.25, 0.3) is 0 Å². The Kier molecular flexibility index (Phi) is 5.53. The highest BCUT2D eigenvalue weighted by molar-refractivity contribution is 6.22. The van der Waals surface area contributed by atoms with Crippen molar-refractivity contribution in [2.45, 2.75) is 0 Å². The van der Waals surface area contributed by atoms with E-state index in [0.29, 0.717) is 26.2 Å². The number of carbonyl (C=O) groups is 4. The van der Waals surface area contributed by atoms with Crippen molar-refractivity contribution in [1.82, 2.24) is 9.80 Å². The number of amides is 4. The summed E-state index contributed by atoms with van der Waals surface area (Å²) in [5, 5.41) is 22.0. The number of hydrogen-bond acceptors (Lipinski definition) is 8. The van der Waals surface area contributed by atoms with E-state index in [0.717, 1.165) is 31.7 Å². The Morgan fingerprint density at radius 3 is 1.28 bits per heavy atom. The molecule has 5 rings (SSSR count). The van der Waals surface area contributed by atoms with E-state index in [1.807, 2.05) is 0 Å². The third-order valence-electron chi connectivity index (χ3n) is 6.76. The molecule has 4 amide bonds. The van der Waals surface area contributed by atoms with Crippen LogP contribution in [0.2, 0.25) is 0 Å². The van der Waals surface area contributed by atoms with E-state index in [2.05, 4.69) is 0 Å². The monoisotopic (exact) mass is 496 g/mol. The molecule has 14 heteroatoms. The first-order chi connectivity index (χ1) is 17.2. The molecule has 2 N–H and O–H groups in total. The molecule has 0 aromatic heterocycles. The number of rotatable bonds is 6. The summed E-state index contributed by atoms with van der Waals surface area (Å²) in [7, 11) is 0. The molecule has 0 bridgehead atoms. The van der Waals surface area contributed by atoms with E-state index in [1.54, 1.807) is 0 Å². The number of nitro groups is 2. The SMILES string of the molecule is O=C1c2ccc([N+](=O)[O-])cc2C(=O)N1C[NH+]1CC[NH+](CN2C(=O)c3ccc([N+](=O)[O-])cc3C2=O)CC1. The Balaban J connectivity index is 1.19. The van der Waals surface area contributed by atoms with Crippen LogP contribution in [0.1, 0.15) is 41.4 Å². The Hall–Kier alpha value is -4.56. The van der Waals surface area contributed by atoms with Gasteiger partial charge in [0.1, 0.15) is 26.2 Å². The van der Waals surface area contributed by atoms with Crippen molar-refractivity contribution in [1.29, 1.82) is 0 Å². The number of imide groups is 2. The fourth-order valence-electron chi connectivity index (χ4n) is 4.79. The highest BCUT2D eigenvalue weighted by atomic mass is 16.6. The van der Waals surface area contributed by atoms with Gasteiger partial charge in [-0.15, -0.1) is 0 Å². The van der Waals surface area contributed by atoms with Crippen LogP contribution < -0.4 is 9.80 Å². The molecule has 0 radical (unpaired) electrons. The number of fused-ring (bicyclic) bond motifs is 2. The topological polar surface area (TPSA) is 170 Å². The van der Waals surface area contributed by atoms with Gasteiger partial charge >= 0.3 is 0 Å². The van der Waals surface area contributed by atoms with Gasteiger partial charge < -0.3 is 9.80 Å². The van der Waals surface area contributed by atoms with E-state index in [1.165, 1.54) is 24.3 Å². The number of non-ortho nitro benzene ring substituents is 2. The number of quaternary nitrogens is 2. The summed E-state index contributed by atoms with van der Waals surface area (Å²) in [5.74, 6) is -2.12. The van der Waals surface area contributed by atoms with Crippen LogP contribution >= 0.6 is 0 Å². The van der Waals surface area contributed by atoms with Gasteiger partial charge in [-0.3, -0.25) is 39.4 Å². The van der Waals surface area contributed by atoms with Crippen LogP contribution in [-0.4, -0.2) is 82.8 Å². The molecule has 0 unspecified atom stereocenters. The maximum Gasteiger partial charge on any atom is 0.270 e. The normalized spacial score (nSPS) is 21.1. The fraction of sp³-hybridized carbons (Fsp3) is 0.273. The number of benzene rings is 2. The van der Waals surface area contributed by atoms with E-state index < -0.39 is 33.5 Å². The molecule has 14 nitrogen and oxygen atoms in total. The molecule has 3 heterocycles. The van der Waals surface area contributed by atoms with Crippen LogP contribution in [0.3, 0.4) is 0 Å². The number of nitrogens with zero attached hydrogens (tertiary/aromatic N) is 4. The molecule has 0 saturated carbocycles. The Morgan fingerprint density at radius 2 is 0.944 bits per heavy atom. The second-order valence-corrected chi connectivity index (χ2v) is 8.87. The van der Waals surface area contributed by atoms with Crippen LogP contribution in [-0.2, 0) is 0 Å². The molecule has 0 aliphatic carbocycles. The van der Waals surface area contributed by atoms with Gasteiger partial charge in [0, 0.05) is 24.3 Å². The molecular weight excluding hydrogens is 476 g/mol. The standard InChI is InChI=1S/C22H18N6O8/c29-19-15-3-1-13(27(33)34)9-17(15)21(31)25(19)11-23-5-7-24(8-6-23)12-26-20(30)16-4-2-14(28(35)36)10-18(16)22(26)32/h1-4,9-10H,5-8,11-12H2/p+2. The molecule has 36 heavy (non-hydrogen) atoms. The van der Waals surface area contributed by atoms with E-state index >= 15 is 0 Å². The molecule has 184 valence electrons. The van der Waals surface area contributed by atoms with Crippen LogP contribution in [0.15, 0.2) is 36.4 Å². The van der Waals surface area contributed by atoms with Crippen molar-refractivity contribution in [2.24, 2.45) is 0 Å². The first-order valence-corrected chi connectivity index (χ1v) is 11.1. The van der Waals surface area contributed by atoms with Gasteiger partial charge in [-0.2, -0.15) is 0 Å². The van der Waals surface area contributed by atoms with Crippen molar-refractivity contribution in [2.75, 3.05) is 39.5 Å². The number of nitrogens with one attached hydrogen (secondary N) is 2. The molecule has 0 atom stereocenters. The average Bonchev–Trinajstić information content (AvgIpc) is 3.24. The summed E-state index contributed by atoms with van der Waals surface area (Å²) < 4.78 is 0. The lowest BCUT2D eigenvalue weighted by atomic mass is 10.1. The fourth-order valence-corrected chi connectivity index (χ4v) is 4.79. The maximum absolute atomic E-state index is 12.7. The van der Waals surface area contributed by atoms with Gasteiger partial charge in [0.15, 0.2) is 13.3 Å². The summed E-state index contributed by atoms with van der Waals surface area (Å²) in [6.07, 6.45) is 0. The lowest BCUT2D eigenvalue weighted by Crippen LogP contribution is -3.29.